The number of rotatable bonds is 3. The summed E-state index contributed by atoms with van der Waals surface area (Å²) in [5.41, 5.74) is 0.294. The van der Waals surface area contributed by atoms with Crippen LogP contribution in [0, 0.1) is 10.1 Å². The minimum Gasteiger partial charge on any atom is -0.444 e. The fourth-order valence-electron chi connectivity index (χ4n) is 2.35. The van der Waals surface area contributed by atoms with Gasteiger partial charge in [0.05, 0.1) is 9.40 Å². The molecule has 23 heavy (non-hydrogen) atoms. The molecule has 8 heteroatoms. The van der Waals surface area contributed by atoms with E-state index in [-0.39, 0.29) is 17.8 Å². The second-order valence-electron chi connectivity index (χ2n) is 6.48. The van der Waals surface area contributed by atoms with Gasteiger partial charge in [0.25, 0.3) is 5.69 Å². The third-order valence-corrected chi connectivity index (χ3v) is 3.99. The molecule has 1 aromatic carbocycles. The number of anilines is 1. The number of nitro benzene ring substituents is 1. The van der Waals surface area contributed by atoms with Crippen molar-refractivity contribution in [3.63, 3.8) is 0 Å². The van der Waals surface area contributed by atoms with Crippen LogP contribution in [0.2, 0.25) is 0 Å². The molecular formula is C15H20BrN3O4. The van der Waals surface area contributed by atoms with Crippen molar-refractivity contribution in [3.05, 3.63) is 32.8 Å². The van der Waals surface area contributed by atoms with Gasteiger partial charge in [-0.1, -0.05) is 0 Å². The summed E-state index contributed by atoms with van der Waals surface area (Å²) in [6, 6.07) is 4.89. The molecule has 0 bridgehead atoms. The van der Waals surface area contributed by atoms with Crippen LogP contribution in [0.4, 0.5) is 16.2 Å². The minimum absolute atomic E-state index is 0.0253. The molecule has 0 aromatic heterocycles. The maximum Gasteiger partial charge on any atom is 0.410 e. The van der Waals surface area contributed by atoms with Crippen LogP contribution in [-0.4, -0.2) is 40.6 Å². The molecule has 1 amide bonds. The quantitative estimate of drug-likeness (QED) is 0.631. The van der Waals surface area contributed by atoms with Crippen LogP contribution in [0.25, 0.3) is 0 Å². The molecule has 1 heterocycles. The average Bonchev–Trinajstić information content (AvgIpc) is 2.85. The van der Waals surface area contributed by atoms with Gasteiger partial charge < -0.3 is 15.0 Å². The second kappa shape index (κ2) is 6.74. The molecule has 126 valence electrons. The van der Waals surface area contributed by atoms with Crippen molar-refractivity contribution in [2.75, 3.05) is 18.4 Å². The molecule has 1 atom stereocenters. The largest absolute Gasteiger partial charge is 0.444 e. The highest BCUT2D eigenvalue weighted by molar-refractivity contribution is 9.10. The highest BCUT2D eigenvalue weighted by Crippen LogP contribution is 2.28. The Balaban J connectivity index is 1.94. The zero-order valence-corrected chi connectivity index (χ0v) is 14.9. The van der Waals surface area contributed by atoms with Gasteiger partial charge in [0.1, 0.15) is 5.60 Å². The lowest BCUT2D eigenvalue weighted by atomic mass is 10.2. The number of hydrogen-bond donors (Lipinski definition) is 1. The van der Waals surface area contributed by atoms with Gasteiger partial charge in [0.15, 0.2) is 0 Å². The molecule has 0 spiro atoms. The lowest BCUT2D eigenvalue weighted by Crippen LogP contribution is -2.36. The number of ether oxygens (including phenoxy) is 1. The van der Waals surface area contributed by atoms with E-state index in [1.807, 2.05) is 20.8 Å². The Hall–Kier alpha value is -1.83. The molecular weight excluding hydrogens is 366 g/mol. The van der Waals surface area contributed by atoms with Gasteiger partial charge in [-0.2, -0.15) is 0 Å². The van der Waals surface area contributed by atoms with Crippen LogP contribution < -0.4 is 5.32 Å². The van der Waals surface area contributed by atoms with Gasteiger partial charge in [0.2, 0.25) is 0 Å². The summed E-state index contributed by atoms with van der Waals surface area (Å²) in [4.78, 5) is 24.1. The summed E-state index contributed by atoms with van der Waals surface area (Å²) in [6.45, 7) is 6.69. The van der Waals surface area contributed by atoms with Crippen molar-refractivity contribution in [1.29, 1.82) is 0 Å². The molecule has 1 fully saturated rings. The number of nitrogens with one attached hydrogen (secondary N) is 1. The van der Waals surface area contributed by atoms with E-state index >= 15 is 0 Å². The molecule has 1 unspecified atom stereocenters. The number of nitrogens with zero attached hydrogens (tertiary/aromatic N) is 2. The number of likely N-dealkylation sites (tertiary alicyclic amines) is 1. The fraction of sp³-hybridized carbons (Fsp3) is 0.533. The number of hydrogen-bond acceptors (Lipinski definition) is 5. The Bertz CT molecular complexity index is 615. The third kappa shape index (κ3) is 4.82. The molecule has 1 aliphatic heterocycles. The van der Waals surface area contributed by atoms with Crippen LogP contribution in [0.5, 0.6) is 0 Å². The number of carbonyl (C=O) groups excluding carboxylic acids is 1. The van der Waals surface area contributed by atoms with Crippen LogP contribution in [0.15, 0.2) is 22.7 Å². The summed E-state index contributed by atoms with van der Waals surface area (Å²) in [5.74, 6) is 0. The Labute approximate surface area is 143 Å². The van der Waals surface area contributed by atoms with Gasteiger partial charge in [-0.3, -0.25) is 10.1 Å². The molecule has 2 rings (SSSR count). The minimum atomic E-state index is -0.508. The van der Waals surface area contributed by atoms with Gasteiger partial charge in [0, 0.05) is 30.9 Å². The van der Waals surface area contributed by atoms with Crippen molar-refractivity contribution >= 4 is 33.4 Å². The maximum absolute atomic E-state index is 12.0. The second-order valence-corrected chi connectivity index (χ2v) is 7.33. The average molecular weight is 386 g/mol. The zero-order valence-electron chi connectivity index (χ0n) is 13.3. The highest BCUT2D eigenvalue weighted by atomic mass is 79.9. The fourth-order valence-corrected chi connectivity index (χ4v) is 2.87. The first-order chi connectivity index (χ1) is 10.7. The van der Waals surface area contributed by atoms with E-state index in [1.165, 1.54) is 6.07 Å². The Kier molecular flexibility index (Phi) is 5.13. The molecule has 0 saturated carbocycles. The molecule has 1 aliphatic rings. The smallest absolute Gasteiger partial charge is 0.410 e. The van der Waals surface area contributed by atoms with Gasteiger partial charge >= 0.3 is 6.09 Å². The third-order valence-electron chi connectivity index (χ3n) is 3.36. The number of nitro groups is 1. The first kappa shape index (κ1) is 17.5. The Morgan fingerprint density at radius 3 is 2.74 bits per heavy atom. The van der Waals surface area contributed by atoms with Crippen molar-refractivity contribution < 1.29 is 14.5 Å². The van der Waals surface area contributed by atoms with E-state index in [0.717, 1.165) is 12.1 Å². The van der Waals surface area contributed by atoms with Crippen molar-refractivity contribution in [1.82, 2.24) is 4.90 Å². The van der Waals surface area contributed by atoms with Crippen LogP contribution in [0.3, 0.4) is 0 Å². The lowest BCUT2D eigenvalue weighted by Gasteiger charge is -2.24. The van der Waals surface area contributed by atoms with Crippen LogP contribution >= 0.6 is 15.9 Å². The molecule has 1 aromatic rings. The number of carbonyl (C=O) groups is 1. The van der Waals surface area contributed by atoms with Crippen LogP contribution in [0.1, 0.15) is 27.2 Å². The predicted octanol–water partition coefficient (Wildman–Crippen LogP) is 3.78. The van der Waals surface area contributed by atoms with E-state index in [4.69, 9.17) is 4.74 Å². The molecule has 1 saturated heterocycles. The van der Waals surface area contributed by atoms with E-state index in [2.05, 4.69) is 21.2 Å². The number of amides is 1. The van der Waals surface area contributed by atoms with E-state index in [1.54, 1.807) is 17.0 Å². The molecule has 7 nitrogen and oxygen atoms in total. The van der Waals surface area contributed by atoms with E-state index < -0.39 is 10.5 Å². The molecule has 0 aliphatic carbocycles. The van der Waals surface area contributed by atoms with E-state index in [0.29, 0.717) is 17.6 Å². The van der Waals surface area contributed by atoms with Crippen molar-refractivity contribution in [3.8, 4) is 0 Å². The van der Waals surface area contributed by atoms with Crippen molar-refractivity contribution in [2.24, 2.45) is 0 Å². The van der Waals surface area contributed by atoms with Gasteiger partial charge in [-0.25, -0.2) is 4.79 Å². The summed E-state index contributed by atoms with van der Waals surface area (Å²) < 4.78 is 5.78. The summed E-state index contributed by atoms with van der Waals surface area (Å²) in [7, 11) is 0. The Morgan fingerprint density at radius 1 is 1.48 bits per heavy atom. The summed E-state index contributed by atoms with van der Waals surface area (Å²) >= 11 is 3.20. The van der Waals surface area contributed by atoms with Crippen molar-refractivity contribution in [2.45, 2.75) is 38.8 Å². The van der Waals surface area contributed by atoms with Gasteiger partial charge in [-0.15, -0.1) is 0 Å². The first-order valence-corrected chi connectivity index (χ1v) is 8.13. The topological polar surface area (TPSA) is 84.7 Å². The summed E-state index contributed by atoms with van der Waals surface area (Å²) in [5, 5.41) is 14.1. The first-order valence-electron chi connectivity index (χ1n) is 7.34. The predicted molar refractivity (Wildman–Crippen MR) is 90.6 cm³/mol. The maximum atomic E-state index is 12.0. The SMILES string of the molecule is CC(C)(C)OC(=O)N1CCC(Nc2ccc([N+](=O)[O-])c(Br)c2)C1. The normalized spacial score (nSPS) is 17.9. The van der Waals surface area contributed by atoms with Gasteiger partial charge in [-0.05, 0) is 55.3 Å². The highest BCUT2D eigenvalue weighted by Gasteiger charge is 2.29. The monoisotopic (exact) mass is 385 g/mol. The number of benzene rings is 1. The number of halogens is 1. The molecule has 1 N–H and O–H groups in total. The van der Waals surface area contributed by atoms with E-state index in [9.17, 15) is 14.9 Å². The standard InChI is InChI=1S/C15H20BrN3O4/c1-15(2,3)23-14(20)18-7-6-11(9-18)17-10-4-5-13(19(21)22)12(16)8-10/h4-5,8,11,17H,6-7,9H2,1-3H3. The lowest BCUT2D eigenvalue weighted by molar-refractivity contribution is -0.385. The summed E-state index contributed by atoms with van der Waals surface area (Å²) in [6.07, 6.45) is 0.486. The molecule has 0 radical (unpaired) electrons. The zero-order chi connectivity index (χ0) is 17.2. The van der Waals surface area contributed by atoms with Crippen LogP contribution in [-0.2, 0) is 4.74 Å². The Morgan fingerprint density at radius 2 is 2.17 bits per heavy atom.